The highest BCUT2D eigenvalue weighted by Gasteiger charge is 2.20. The molecule has 1 aliphatic rings. The van der Waals surface area contributed by atoms with E-state index in [2.05, 4.69) is 21.2 Å². The monoisotopic (exact) mass is 349 g/mol. The van der Waals surface area contributed by atoms with Gasteiger partial charge in [0.2, 0.25) is 0 Å². The third kappa shape index (κ3) is 4.05. The highest BCUT2D eigenvalue weighted by Crippen LogP contribution is 2.26. The number of halogens is 2. The lowest BCUT2D eigenvalue weighted by atomic mass is 10.2. The van der Waals surface area contributed by atoms with Crippen molar-refractivity contribution >= 4 is 15.9 Å². The summed E-state index contributed by atoms with van der Waals surface area (Å²) in [4.78, 5) is 0. The minimum Gasteiger partial charge on any atom is -0.488 e. The normalized spacial score (nSPS) is 14.2. The second kappa shape index (κ2) is 6.58. The lowest BCUT2D eigenvalue weighted by Crippen LogP contribution is -2.16. The first-order chi connectivity index (χ1) is 10.2. The van der Waals surface area contributed by atoms with Gasteiger partial charge in [-0.25, -0.2) is 4.39 Å². The van der Waals surface area contributed by atoms with Crippen molar-refractivity contribution in [3.63, 3.8) is 0 Å². The maximum absolute atomic E-state index is 13.6. The fraction of sp³-hybridized carbons (Fsp3) is 0.294. The highest BCUT2D eigenvalue weighted by atomic mass is 79.9. The van der Waals surface area contributed by atoms with E-state index in [0.29, 0.717) is 11.6 Å². The van der Waals surface area contributed by atoms with Crippen LogP contribution in [0.25, 0.3) is 0 Å². The van der Waals surface area contributed by atoms with E-state index >= 15 is 0 Å². The lowest BCUT2D eigenvalue weighted by Gasteiger charge is -2.13. The first-order valence-electron chi connectivity index (χ1n) is 7.10. The van der Waals surface area contributed by atoms with Crippen molar-refractivity contribution in [1.82, 2.24) is 5.32 Å². The van der Waals surface area contributed by atoms with Gasteiger partial charge in [0.15, 0.2) is 0 Å². The van der Waals surface area contributed by atoms with Crippen molar-refractivity contribution in [1.29, 1.82) is 0 Å². The summed E-state index contributed by atoms with van der Waals surface area (Å²) in [7, 11) is 0. The molecule has 21 heavy (non-hydrogen) atoms. The Bertz CT molecular complexity index is 628. The Morgan fingerprint density at radius 3 is 2.71 bits per heavy atom. The standard InChI is InChI=1S/C17H17BrFNO/c18-14-5-8-17(13(9-14)10-20-15-6-7-15)21-11-12-3-1-2-4-16(12)19/h1-5,8-9,15,20H,6-7,10-11H2. The first kappa shape index (κ1) is 14.5. The quantitative estimate of drug-likeness (QED) is 0.833. The van der Waals surface area contributed by atoms with Crippen LogP contribution in [0.5, 0.6) is 5.75 Å². The topological polar surface area (TPSA) is 21.3 Å². The average Bonchev–Trinajstić information content (AvgIpc) is 3.30. The number of rotatable bonds is 6. The van der Waals surface area contributed by atoms with Crippen molar-refractivity contribution in [2.75, 3.05) is 0 Å². The van der Waals surface area contributed by atoms with E-state index in [1.807, 2.05) is 24.3 Å². The van der Waals surface area contributed by atoms with Gasteiger partial charge in [0, 0.05) is 28.2 Å². The molecule has 0 spiro atoms. The van der Waals surface area contributed by atoms with E-state index in [4.69, 9.17) is 4.74 Å². The van der Waals surface area contributed by atoms with E-state index < -0.39 is 0 Å². The molecule has 1 aliphatic carbocycles. The predicted molar refractivity (Wildman–Crippen MR) is 84.7 cm³/mol. The largest absolute Gasteiger partial charge is 0.488 e. The Kier molecular flexibility index (Phi) is 4.56. The van der Waals surface area contributed by atoms with Crippen LogP contribution in [-0.4, -0.2) is 6.04 Å². The summed E-state index contributed by atoms with van der Waals surface area (Å²) in [5, 5.41) is 3.48. The second-order valence-corrected chi connectivity index (χ2v) is 6.20. The molecule has 0 radical (unpaired) electrons. The highest BCUT2D eigenvalue weighted by molar-refractivity contribution is 9.10. The molecule has 1 fully saturated rings. The lowest BCUT2D eigenvalue weighted by molar-refractivity contribution is 0.296. The average molecular weight is 350 g/mol. The van der Waals surface area contributed by atoms with Gasteiger partial charge in [-0.05, 0) is 37.1 Å². The Labute approximate surface area is 132 Å². The van der Waals surface area contributed by atoms with Gasteiger partial charge in [-0.1, -0.05) is 34.1 Å². The van der Waals surface area contributed by atoms with Crippen LogP contribution in [0.2, 0.25) is 0 Å². The van der Waals surface area contributed by atoms with Crippen LogP contribution in [-0.2, 0) is 13.2 Å². The van der Waals surface area contributed by atoms with E-state index in [1.165, 1.54) is 18.9 Å². The van der Waals surface area contributed by atoms with E-state index in [1.54, 1.807) is 12.1 Å². The maximum atomic E-state index is 13.6. The van der Waals surface area contributed by atoms with Crippen LogP contribution < -0.4 is 10.1 Å². The summed E-state index contributed by atoms with van der Waals surface area (Å²) in [5.74, 6) is 0.571. The summed E-state index contributed by atoms with van der Waals surface area (Å²) < 4.78 is 20.5. The molecule has 0 heterocycles. The van der Waals surface area contributed by atoms with Crippen molar-refractivity contribution in [2.45, 2.75) is 32.0 Å². The molecule has 0 aliphatic heterocycles. The first-order valence-corrected chi connectivity index (χ1v) is 7.89. The smallest absolute Gasteiger partial charge is 0.129 e. The molecule has 0 amide bonds. The summed E-state index contributed by atoms with van der Waals surface area (Å²) >= 11 is 3.48. The molecular formula is C17H17BrFNO. The molecule has 0 aromatic heterocycles. The van der Waals surface area contributed by atoms with Crippen LogP contribution in [0.15, 0.2) is 46.9 Å². The van der Waals surface area contributed by atoms with Crippen molar-refractivity contribution < 1.29 is 9.13 Å². The molecule has 0 unspecified atom stereocenters. The molecule has 4 heteroatoms. The van der Waals surface area contributed by atoms with Gasteiger partial charge in [-0.2, -0.15) is 0 Å². The molecule has 110 valence electrons. The van der Waals surface area contributed by atoms with Crippen molar-refractivity contribution in [2.24, 2.45) is 0 Å². The third-order valence-corrected chi connectivity index (χ3v) is 4.02. The zero-order valence-electron chi connectivity index (χ0n) is 11.6. The van der Waals surface area contributed by atoms with Gasteiger partial charge in [0.1, 0.15) is 18.2 Å². The minimum atomic E-state index is -0.229. The molecule has 1 saturated carbocycles. The molecule has 2 aromatic rings. The van der Waals surface area contributed by atoms with Gasteiger partial charge in [-0.3, -0.25) is 0 Å². The van der Waals surface area contributed by atoms with Crippen LogP contribution in [0.4, 0.5) is 4.39 Å². The van der Waals surface area contributed by atoms with Gasteiger partial charge < -0.3 is 10.1 Å². The molecule has 0 saturated heterocycles. The third-order valence-electron chi connectivity index (χ3n) is 3.52. The summed E-state index contributed by atoms with van der Waals surface area (Å²) in [6.45, 7) is 1.02. The number of hydrogen-bond acceptors (Lipinski definition) is 2. The predicted octanol–water partition coefficient (Wildman–Crippen LogP) is 4.42. The molecule has 0 atom stereocenters. The molecule has 3 rings (SSSR count). The van der Waals surface area contributed by atoms with Gasteiger partial charge in [-0.15, -0.1) is 0 Å². The van der Waals surface area contributed by atoms with E-state index in [0.717, 1.165) is 22.3 Å². The number of hydrogen-bond donors (Lipinski definition) is 1. The molecular weight excluding hydrogens is 333 g/mol. The Balaban J connectivity index is 1.70. The SMILES string of the molecule is Fc1ccccc1COc1ccc(Br)cc1CNC1CC1. The Hall–Kier alpha value is -1.39. The molecule has 1 N–H and O–H groups in total. The number of nitrogens with one attached hydrogen (secondary N) is 1. The molecule has 2 aromatic carbocycles. The van der Waals surface area contributed by atoms with Gasteiger partial charge >= 0.3 is 0 Å². The Morgan fingerprint density at radius 2 is 1.95 bits per heavy atom. The zero-order chi connectivity index (χ0) is 14.7. The number of benzene rings is 2. The zero-order valence-corrected chi connectivity index (χ0v) is 13.2. The summed E-state index contributed by atoms with van der Waals surface area (Å²) in [5.41, 5.74) is 1.66. The molecule has 2 nitrogen and oxygen atoms in total. The van der Waals surface area contributed by atoms with Crippen LogP contribution in [0.1, 0.15) is 24.0 Å². The van der Waals surface area contributed by atoms with Crippen LogP contribution >= 0.6 is 15.9 Å². The maximum Gasteiger partial charge on any atom is 0.129 e. The van der Waals surface area contributed by atoms with Gasteiger partial charge in [0.05, 0.1) is 0 Å². The Morgan fingerprint density at radius 1 is 1.14 bits per heavy atom. The van der Waals surface area contributed by atoms with E-state index in [-0.39, 0.29) is 12.4 Å². The van der Waals surface area contributed by atoms with Gasteiger partial charge in [0.25, 0.3) is 0 Å². The fourth-order valence-corrected chi connectivity index (χ4v) is 2.55. The summed E-state index contributed by atoms with van der Waals surface area (Å²) in [6, 6.07) is 13.3. The number of ether oxygens (including phenoxy) is 1. The van der Waals surface area contributed by atoms with Crippen LogP contribution in [0.3, 0.4) is 0 Å². The van der Waals surface area contributed by atoms with Crippen molar-refractivity contribution in [3.8, 4) is 5.75 Å². The fourth-order valence-electron chi connectivity index (χ4n) is 2.14. The second-order valence-electron chi connectivity index (χ2n) is 5.29. The van der Waals surface area contributed by atoms with Crippen LogP contribution in [0, 0.1) is 5.82 Å². The van der Waals surface area contributed by atoms with Crippen molar-refractivity contribution in [3.05, 3.63) is 63.9 Å². The molecule has 0 bridgehead atoms. The van der Waals surface area contributed by atoms with E-state index in [9.17, 15) is 4.39 Å². The minimum absolute atomic E-state index is 0.229. The summed E-state index contributed by atoms with van der Waals surface area (Å²) in [6.07, 6.45) is 2.50.